The van der Waals surface area contributed by atoms with Crippen molar-refractivity contribution < 1.29 is 9.90 Å². The summed E-state index contributed by atoms with van der Waals surface area (Å²) in [5, 5.41) is 12.4. The summed E-state index contributed by atoms with van der Waals surface area (Å²) in [5.74, 6) is -0.734. The van der Waals surface area contributed by atoms with Gasteiger partial charge in [0.2, 0.25) is 0 Å². The number of rotatable bonds is 5. The second kappa shape index (κ2) is 3.54. The largest absolute Gasteiger partial charge is 0.480 e. The molecule has 1 rings (SSSR count). The third kappa shape index (κ3) is 2.27. The summed E-state index contributed by atoms with van der Waals surface area (Å²) in [6.45, 7) is 8.13. The quantitative estimate of drug-likeness (QED) is 0.712. The minimum atomic E-state index is -0.743. The topological polar surface area (TPSA) is 49.3 Å². The van der Waals surface area contributed by atoms with Crippen molar-refractivity contribution in [3.8, 4) is 0 Å². The van der Waals surface area contributed by atoms with E-state index in [4.69, 9.17) is 5.11 Å². The maximum absolute atomic E-state index is 11.1. The van der Waals surface area contributed by atoms with Gasteiger partial charge in [-0.1, -0.05) is 27.2 Å². The molecule has 0 aliphatic heterocycles. The van der Waals surface area contributed by atoms with E-state index >= 15 is 0 Å². The number of aliphatic carboxylic acids is 1. The number of carboxylic acid groups (broad SMARTS) is 1. The van der Waals surface area contributed by atoms with Gasteiger partial charge in [-0.15, -0.1) is 0 Å². The monoisotopic (exact) mass is 199 g/mol. The molecule has 1 fully saturated rings. The van der Waals surface area contributed by atoms with Gasteiger partial charge in [0.1, 0.15) is 5.54 Å². The second-order valence-corrected chi connectivity index (χ2v) is 5.28. The molecule has 0 radical (unpaired) electrons. The number of hydrogen-bond donors (Lipinski definition) is 2. The molecule has 0 aromatic heterocycles. The molecule has 0 bridgehead atoms. The van der Waals surface area contributed by atoms with Crippen LogP contribution in [0.1, 0.15) is 47.0 Å². The lowest BCUT2D eigenvalue weighted by Crippen LogP contribution is -2.51. The standard InChI is InChI=1S/C11H21NO2/c1-5-6-11(4,9(13)14)12-8-7-10(8,2)3/h8,12H,5-7H2,1-4H3,(H,13,14). The van der Waals surface area contributed by atoms with Gasteiger partial charge in [0.15, 0.2) is 0 Å². The summed E-state index contributed by atoms with van der Waals surface area (Å²) in [7, 11) is 0. The highest BCUT2D eigenvalue weighted by Gasteiger charge is 2.49. The van der Waals surface area contributed by atoms with Crippen LogP contribution >= 0.6 is 0 Å². The molecule has 1 aliphatic rings. The van der Waals surface area contributed by atoms with Gasteiger partial charge in [0.25, 0.3) is 0 Å². The van der Waals surface area contributed by atoms with Crippen LogP contribution in [-0.2, 0) is 4.79 Å². The van der Waals surface area contributed by atoms with Gasteiger partial charge in [-0.05, 0) is 25.2 Å². The Bertz CT molecular complexity index is 237. The lowest BCUT2D eigenvalue weighted by Gasteiger charge is -2.26. The lowest BCUT2D eigenvalue weighted by atomic mass is 9.95. The van der Waals surface area contributed by atoms with Crippen molar-refractivity contribution in [1.29, 1.82) is 0 Å². The molecule has 0 saturated heterocycles. The molecule has 2 unspecified atom stereocenters. The smallest absolute Gasteiger partial charge is 0.323 e. The van der Waals surface area contributed by atoms with E-state index in [9.17, 15) is 4.79 Å². The Kier molecular flexibility index (Phi) is 2.91. The van der Waals surface area contributed by atoms with Crippen LogP contribution in [0.2, 0.25) is 0 Å². The van der Waals surface area contributed by atoms with Gasteiger partial charge < -0.3 is 5.11 Å². The van der Waals surface area contributed by atoms with Crippen LogP contribution in [0.5, 0.6) is 0 Å². The van der Waals surface area contributed by atoms with Gasteiger partial charge in [-0.2, -0.15) is 0 Å². The number of carbonyl (C=O) groups is 1. The summed E-state index contributed by atoms with van der Waals surface area (Å²) in [6, 6.07) is 0.371. The van der Waals surface area contributed by atoms with Crippen molar-refractivity contribution in [3.63, 3.8) is 0 Å². The van der Waals surface area contributed by atoms with E-state index in [0.29, 0.717) is 12.5 Å². The molecule has 1 saturated carbocycles. The predicted octanol–water partition coefficient (Wildman–Crippen LogP) is 2.02. The normalized spacial score (nSPS) is 28.1. The van der Waals surface area contributed by atoms with Crippen LogP contribution in [0.3, 0.4) is 0 Å². The minimum Gasteiger partial charge on any atom is -0.480 e. The molecular weight excluding hydrogens is 178 g/mol. The first-order valence-corrected chi connectivity index (χ1v) is 5.33. The maximum atomic E-state index is 11.1. The average molecular weight is 199 g/mol. The molecule has 2 atom stereocenters. The van der Waals surface area contributed by atoms with Crippen molar-refractivity contribution in [1.82, 2.24) is 5.32 Å². The molecule has 2 N–H and O–H groups in total. The third-order valence-corrected chi connectivity index (χ3v) is 3.23. The van der Waals surface area contributed by atoms with Crippen LogP contribution in [-0.4, -0.2) is 22.7 Å². The van der Waals surface area contributed by atoms with Crippen LogP contribution in [0.4, 0.5) is 0 Å². The molecule has 1 aliphatic carbocycles. The first-order chi connectivity index (χ1) is 6.32. The van der Waals surface area contributed by atoms with Gasteiger partial charge in [-0.3, -0.25) is 10.1 Å². The fourth-order valence-corrected chi connectivity index (χ4v) is 1.84. The summed E-state index contributed by atoms with van der Waals surface area (Å²) in [6.07, 6.45) is 2.66. The molecule has 14 heavy (non-hydrogen) atoms. The van der Waals surface area contributed by atoms with Crippen LogP contribution < -0.4 is 5.32 Å². The maximum Gasteiger partial charge on any atom is 0.323 e. The van der Waals surface area contributed by atoms with Crippen LogP contribution in [0.25, 0.3) is 0 Å². The first-order valence-electron chi connectivity index (χ1n) is 5.33. The Morgan fingerprint density at radius 3 is 2.43 bits per heavy atom. The first kappa shape index (κ1) is 11.5. The van der Waals surface area contributed by atoms with Crippen LogP contribution in [0.15, 0.2) is 0 Å². The molecule has 82 valence electrons. The Morgan fingerprint density at radius 2 is 2.14 bits per heavy atom. The summed E-state index contributed by atoms with van der Waals surface area (Å²) in [5.41, 5.74) is -0.461. The zero-order valence-electron chi connectivity index (χ0n) is 9.55. The van der Waals surface area contributed by atoms with Gasteiger partial charge in [0.05, 0.1) is 0 Å². The number of carboxylic acids is 1. The zero-order valence-corrected chi connectivity index (χ0v) is 9.55. The highest BCUT2D eigenvalue weighted by Crippen LogP contribution is 2.45. The van der Waals surface area contributed by atoms with Crippen molar-refractivity contribution >= 4 is 5.97 Å². The van der Waals surface area contributed by atoms with E-state index < -0.39 is 11.5 Å². The zero-order chi connectivity index (χ0) is 11.0. The Morgan fingerprint density at radius 1 is 1.64 bits per heavy atom. The van der Waals surface area contributed by atoms with Crippen LogP contribution in [0, 0.1) is 5.41 Å². The molecule has 0 aromatic rings. The fourth-order valence-electron chi connectivity index (χ4n) is 1.84. The van der Waals surface area contributed by atoms with Gasteiger partial charge >= 0.3 is 5.97 Å². The van der Waals surface area contributed by atoms with E-state index in [1.54, 1.807) is 6.92 Å². The van der Waals surface area contributed by atoms with Crippen molar-refractivity contribution in [3.05, 3.63) is 0 Å². The van der Waals surface area contributed by atoms with Crippen molar-refractivity contribution in [2.24, 2.45) is 5.41 Å². The number of hydrogen-bond acceptors (Lipinski definition) is 2. The molecule has 0 heterocycles. The van der Waals surface area contributed by atoms with E-state index in [-0.39, 0.29) is 5.41 Å². The van der Waals surface area contributed by atoms with E-state index in [2.05, 4.69) is 19.2 Å². The highest BCUT2D eigenvalue weighted by atomic mass is 16.4. The van der Waals surface area contributed by atoms with E-state index in [0.717, 1.165) is 12.8 Å². The molecular formula is C11H21NO2. The second-order valence-electron chi connectivity index (χ2n) is 5.28. The van der Waals surface area contributed by atoms with E-state index in [1.165, 1.54) is 0 Å². The molecule has 0 aromatic carbocycles. The summed E-state index contributed by atoms with van der Waals surface area (Å²) in [4.78, 5) is 11.1. The SMILES string of the molecule is CCCC(C)(NC1CC1(C)C)C(=O)O. The molecule has 0 spiro atoms. The Labute approximate surface area is 85.9 Å². The molecule has 3 heteroatoms. The van der Waals surface area contributed by atoms with Gasteiger partial charge in [-0.25, -0.2) is 0 Å². The van der Waals surface area contributed by atoms with Crippen molar-refractivity contribution in [2.45, 2.75) is 58.5 Å². The third-order valence-electron chi connectivity index (χ3n) is 3.23. The summed E-state index contributed by atoms with van der Waals surface area (Å²) >= 11 is 0. The van der Waals surface area contributed by atoms with E-state index in [1.807, 2.05) is 6.92 Å². The number of nitrogens with one attached hydrogen (secondary N) is 1. The highest BCUT2D eigenvalue weighted by molar-refractivity contribution is 5.78. The Hall–Kier alpha value is -0.570. The van der Waals surface area contributed by atoms with Crippen molar-refractivity contribution in [2.75, 3.05) is 0 Å². The Balaban J connectivity index is 2.57. The predicted molar refractivity (Wildman–Crippen MR) is 56.3 cm³/mol. The molecule has 0 amide bonds. The average Bonchev–Trinajstić information content (AvgIpc) is 2.58. The lowest BCUT2D eigenvalue weighted by molar-refractivity contribution is -0.144. The fraction of sp³-hybridized carbons (Fsp3) is 0.909. The summed E-state index contributed by atoms with van der Waals surface area (Å²) < 4.78 is 0. The minimum absolute atomic E-state index is 0.282. The molecule has 3 nitrogen and oxygen atoms in total. The van der Waals surface area contributed by atoms with Gasteiger partial charge in [0, 0.05) is 6.04 Å².